The van der Waals surface area contributed by atoms with Crippen LogP contribution >= 0.6 is 0 Å². The lowest BCUT2D eigenvalue weighted by atomic mass is 9.64. The molecular weight excluding hydrogens is 372 g/mol. The summed E-state index contributed by atoms with van der Waals surface area (Å²) in [6.07, 6.45) is 2.40. The highest BCUT2D eigenvalue weighted by atomic mass is 16.1. The van der Waals surface area contributed by atoms with E-state index in [1.165, 1.54) is 5.56 Å². The molecular formula is C25H28N4O. The fraction of sp³-hybridized carbons (Fsp3) is 0.400. The quantitative estimate of drug-likeness (QED) is 0.707. The number of carbonyl (C=O) groups excluding carboxylic acids is 1. The van der Waals surface area contributed by atoms with Crippen LogP contribution in [-0.2, 0) is 16.6 Å². The molecule has 5 heterocycles. The maximum atomic E-state index is 13.3. The molecule has 0 saturated carbocycles. The molecule has 7 rings (SSSR count). The molecule has 4 bridgehead atoms. The molecule has 30 heavy (non-hydrogen) atoms. The number of hydrogen-bond acceptors (Lipinski definition) is 3. The number of H-pyrrole nitrogens is 1. The molecule has 3 atom stereocenters. The third-order valence-electron chi connectivity index (χ3n) is 7.49. The number of benzene rings is 2. The first-order valence-corrected chi connectivity index (χ1v) is 11.1. The minimum Gasteiger partial charge on any atom is -0.361 e. The second kappa shape index (κ2) is 6.96. The zero-order valence-corrected chi connectivity index (χ0v) is 17.2. The van der Waals surface area contributed by atoms with Gasteiger partial charge in [0.05, 0.1) is 6.42 Å². The lowest BCUT2D eigenvalue weighted by molar-refractivity contribution is -0.123. The Morgan fingerprint density at radius 2 is 1.70 bits per heavy atom. The lowest BCUT2D eigenvalue weighted by Crippen LogP contribution is -2.70. The number of nitrogens with zero attached hydrogens (tertiary/aromatic N) is 2. The van der Waals surface area contributed by atoms with Gasteiger partial charge in [-0.3, -0.25) is 4.79 Å². The Bertz CT molecular complexity index is 1060. The smallest absolute Gasteiger partial charge is 0.224 e. The van der Waals surface area contributed by atoms with Gasteiger partial charge in [-0.15, -0.1) is 0 Å². The van der Waals surface area contributed by atoms with Crippen molar-refractivity contribution < 1.29 is 4.79 Å². The van der Waals surface area contributed by atoms with Crippen LogP contribution in [0.4, 0.5) is 0 Å². The highest BCUT2D eigenvalue weighted by molar-refractivity contribution is 5.89. The first-order valence-electron chi connectivity index (χ1n) is 11.1. The molecule has 154 valence electrons. The van der Waals surface area contributed by atoms with E-state index in [0.29, 0.717) is 12.3 Å². The first kappa shape index (κ1) is 18.2. The number of hydrogen-bond donors (Lipinski definition) is 2. The SMILES string of the molecule is O=C(Cc1c[nH]c2ccccc12)N[C@@H]1C2CN3CCN(C2)CC1(c1ccccc1)C3. The number of piperidine rings is 2. The molecule has 5 heteroatoms. The Balaban J connectivity index is 1.31. The zero-order chi connectivity index (χ0) is 20.1. The largest absolute Gasteiger partial charge is 0.361 e. The fourth-order valence-corrected chi connectivity index (χ4v) is 6.24. The summed E-state index contributed by atoms with van der Waals surface area (Å²) in [7, 11) is 0. The third-order valence-corrected chi connectivity index (χ3v) is 7.49. The van der Waals surface area contributed by atoms with Gasteiger partial charge >= 0.3 is 0 Å². The summed E-state index contributed by atoms with van der Waals surface area (Å²) in [5.74, 6) is 0.610. The average molecular weight is 401 g/mol. The van der Waals surface area contributed by atoms with Crippen LogP contribution in [0.3, 0.4) is 0 Å². The van der Waals surface area contributed by atoms with Crippen LogP contribution in [0.15, 0.2) is 60.8 Å². The number of para-hydroxylation sites is 1. The molecule has 4 aliphatic heterocycles. The van der Waals surface area contributed by atoms with Crippen LogP contribution in [0, 0.1) is 5.92 Å². The van der Waals surface area contributed by atoms with Crippen molar-refractivity contribution >= 4 is 16.8 Å². The molecule has 2 N–H and O–H groups in total. The van der Waals surface area contributed by atoms with E-state index in [4.69, 9.17) is 0 Å². The van der Waals surface area contributed by atoms with Crippen LogP contribution in [0.1, 0.15) is 11.1 Å². The minimum absolute atomic E-state index is 0.0329. The van der Waals surface area contributed by atoms with Gasteiger partial charge in [0.2, 0.25) is 5.91 Å². The van der Waals surface area contributed by atoms with Crippen LogP contribution in [-0.4, -0.2) is 66.0 Å². The molecule has 2 aromatic carbocycles. The van der Waals surface area contributed by atoms with Crippen molar-refractivity contribution in [2.45, 2.75) is 17.9 Å². The van der Waals surface area contributed by atoms with Crippen molar-refractivity contribution in [2.24, 2.45) is 5.92 Å². The third kappa shape index (κ3) is 2.88. The zero-order valence-electron chi connectivity index (χ0n) is 17.2. The summed E-state index contributed by atoms with van der Waals surface area (Å²) in [6, 6.07) is 19.3. The summed E-state index contributed by atoms with van der Waals surface area (Å²) < 4.78 is 0. The van der Waals surface area contributed by atoms with Crippen molar-refractivity contribution in [3.05, 3.63) is 71.9 Å². The maximum Gasteiger partial charge on any atom is 0.224 e. The van der Waals surface area contributed by atoms with E-state index < -0.39 is 0 Å². The Labute approximate surface area is 177 Å². The lowest BCUT2D eigenvalue weighted by Gasteiger charge is -2.55. The maximum absolute atomic E-state index is 13.3. The molecule has 0 aliphatic carbocycles. The van der Waals surface area contributed by atoms with Gasteiger partial charge in [-0.2, -0.15) is 0 Å². The van der Waals surface area contributed by atoms with E-state index in [1.54, 1.807) is 0 Å². The highest BCUT2D eigenvalue weighted by Gasteiger charge is 2.55. The summed E-state index contributed by atoms with van der Waals surface area (Å²) in [5.41, 5.74) is 3.50. The molecule has 0 spiro atoms. The molecule has 0 radical (unpaired) electrons. The van der Waals surface area contributed by atoms with E-state index >= 15 is 0 Å². The number of fused-ring (bicyclic) bond motifs is 2. The Hall–Kier alpha value is -2.63. The van der Waals surface area contributed by atoms with Crippen molar-refractivity contribution in [2.75, 3.05) is 39.3 Å². The fourth-order valence-electron chi connectivity index (χ4n) is 6.24. The molecule has 5 nitrogen and oxygen atoms in total. The number of aromatic nitrogens is 1. The first-order chi connectivity index (χ1) is 14.7. The van der Waals surface area contributed by atoms with Gasteiger partial charge in [0.25, 0.3) is 0 Å². The van der Waals surface area contributed by atoms with Gasteiger partial charge in [0, 0.05) is 73.7 Å². The molecule has 2 unspecified atom stereocenters. The molecule has 3 aromatic rings. The number of aromatic amines is 1. The van der Waals surface area contributed by atoms with Gasteiger partial charge in [0.15, 0.2) is 0 Å². The van der Waals surface area contributed by atoms with Crippen molar-refractivity contribution in [3.8, 4) is 0 Å². The van der Waals surface area contributed by atoms with Crippen molar-refractivity contribution in [1.29, 1.82) is 0 Å². The summed E-state index contributed by atoms with van der Waals surface area (Å²) in [5, 5.41) is 4.67. The number of amides is 1. The standard InChI is InChI=1S/C25H28N4O/c30-23(12-18-13-26-22-9-5-4-8-21(18)22)27-24-19-14-28-10-11-29(15-19)17-25(24,16-28)20-6-2-1-3-7-20/h1-9,13,19,24,26H,10-12,14-17H2,(H,27,30)/t19?,24-,25?/m1/s1. The monoisotopic (exact) mass is 400 g/mol. The Morgan fingerprint density at radius 3 is 2.47 bits per heavy atom. The molecule has 4 fully saturated rings. The van der Waals surface area contributed by atoms with E-state index in [2.05, 4.69) is 62.6 Å². The van der Waals surface area contributed by atoms with Crippen molar-refractivity contribution in [1.82, 2.24) is 20.1 Å². The summed E-state index contributed by atoms with van der Waals surface area (Å²) in [6.45, 7) is 6.51. The average Bonchev–Trinajstić information content (AvgIpc) is 2.99. The Morgan fingerprint density at radius 1 is 1.00 bits per heavy atom. The number of carbonyl (C=O) groups is 1. The van der Waals surface area contributed by atoms with Crippen LogP contribution in [0.2, 0.25) is 0 Å². The van der Waals surface area contributed by atoms with Gasteiger partial charge in [0.1, 0.15) is 0 Å². The van der Waals surface area contributed by atoms with Crippen molar-refractivity contribution in [3.63, 3.8) is 0 Å². The summed E-state index contributed by atoms with van der Waals surface area (Å²) in [4.78, 5) is 21.8. The van der Waals surface area contributed by atoms with E-state index in [0.717, 1.165) is 55.7 Å². The van der Waals surface area contributed by atoms with Gasteiger partial charge in [-0.05, 0) is 17.2 Å². The number of nitrogens with one attached hydrogen (secondary N) is 2. The predicted molar refractivity (Wildman–Crippen MR) is 118 cm³/mol. The molecule has 4 saturated heterocycles. The van der Waals surface area contributed by atoms with Crippen LogP contribution in [0.5, 0.6) is 0 Å². The van der Waals surface area contributed by atoms with Crippen LogP contribution < -0.4 is 5.32 Å². The predicted octanol–water partition coefficient (Wildman–Crippen LogP) is 2.39. The van der Waals surface area contributed by atoms with Gasteiger partial charge in [-0.1, -0.05) is 48.5 Å². The number of rotatable bonds is 4. The minimum atomic E-state index is -0.0329. The topological polar surface area (TPSA) is 51.4 Å². The normalized spacial score (nSPS) is 32.3. The molecule has 1 amide bonds. The molecule has 4 aliphatic rings. The highest BCUT2D eigenvalue weighted by Crippen LogP contribution is 2.43. The van der Waals surface area contributed by atoms with E-state index in [1.807, 2.05) is 18.3 Å². The van der Waals surface area contributed by atoms with E-state index in [9.17, 15) is 4.79 Å². The van der Waals surface area contributed by atoms with E-state index in [-0.39, 0.29) is 17.4 Å². The summed E-state index contributed by atoms with van der Waals surface area (Å²) >= 11 is 0. The van der Waals surface area contributed by atoms with Gasteiger partial charge in [-0.25, -0.2) is 0 Å². The second-order valence-electron chi connectivity index (χ2n) is 9.33. The van der Waals surface area contributed by atoms with Gasteiger partial charge < -0.3 is 20.1 Å². The Kier molecular flexibility index (Phi) is 4.22. The second-order valence-corrected chi connectivity index (χ2v) is 9.33. The van der Waals surface area contributed by atoms with Crippen LogP contribution in [0.25, 0.3) is 10.9 Å². The molecule has 1 aromatic heterocycles.